The van der Waals surface area contributed by atoms with E-state index in [-0.39, 0.29) is 24.4 Å². The van der Waals surface area contributed by atoms with E-state index in [0.717, 1.165) is 49.4 Å². The third kappa shape index (κ3) is 3.82. The van der Waals surface area contributed by atoms with Gasteiger partial charge in [0, 0.05) is 37.1 Å². The highest BCUT2D eigenvalue weighted by Gasteiger charge is 2.24. The Balaban J connectivity index is 0.00000208. The Kier molecular flexibility index (Phi) is 6.08. The molecule has 2 N–H and O–H groups in total. The van der Waals surface area contributed by atoms with Crippen molar-refractivity contribution >= 4 is 18.3 Å². The number of halogens is 1. The van der Waals surface area contributed by atoms with Crippen LogP contribution in [0.2, 0.25) is 0 Å². The summed E-state index contributed by atoms with van der Waals surface area (Å²) in [6, 6.07) is 12.6. The lowest BCUT2D eigenvalue weighted by molar-refractivity contribution is 0.0714. The summed E-state index contributed by atoms with van der Waals surface area (Å²) >= 11 is 0. The Morgan fingerprint density at radius 2 is 1.79 bits per heavy atom. The molecule has 1 fully saturated rings. The zero-order valence-electron chi connectivity index (χ0n) is 14.4. The van der Waals surface area contributed by atoms with Crippen LogP contribution in [0.4, 0.5) is 0 Å². The fraction of sp³-hybridized carbons (Fsp3) is 0.421. The van der Waals surface area contributed by atoms with E-state index in [0.29, 0.717) is 0 Å². The monoisotopic (exact) mass is 347 g/mol. The van der Waals surface area contributed by atoms with Crippen molar-refractivity contribution in [1.82, 2.24) is 9.47 Å². The van der Waals surface area contributed by atoms with Crippen molar-refractivity contribution in [3.05, 3.63) is 58.9 Å². The summed E-state index contributed by atoms with van der Waals surface area (Å²) in [5.74, 6) is 0.143. The van der Waals surface area contributed by atoms with E-state index >= 15 is 0 Å². The molecule has 3 rings (SSSR count). The molecule has 0 saturated carbocycles. The lowest BCUT2D eigenvalue weighted by atomic mass is 10.1. The number of carbonyl (C=O) groups is 1. The maximum Gasteiger partial charge on any atom is 0.255 e. The summed E-state index contributed by atoms with van der Waals surface area (Å²) in [4.78, 5) is 14.8. The average molecular weight is 348 g/mol. The summed E-state index contributed by atoms with van der Waals surface area (Å²) in [5, 5.41) is 0. The molecule has 130 valence electrons. The summed E-state index contributed by atoms with van der Waals surface area (Å²) < 4.78 is 2.22. The molecule has 0 bridgehead atoms. The second-order valence-electron chi connectivity index (χ2n) is 6.49. The minimum absolute atomic E-state index is 0. The lowest BCUT2D eigenvalue weighted by Crippen LogP contribution is -2.42. The van der Waals surface area contributed by atoms with E-state index in [1.54, 1.807) is 0 Å². The molecule has 2 heterocycles. The third-order valence-corrected chi connectivity index (χ3v) is 4.81. The zero-order valence-corrected chi connectivity index (χ0v) is 15.2. The van der Waals surface area contributed by atoms with Crippen LogP contribution in [-0.2, 0) is 6.54 Å². The van der Waals surface area contributed by atoms with Gasteiger partial charge in [-0.2, -0.15) is 0 Å². The first-order valence-corrected chi connectivity index (χ1v) is 8.32. The van der Waals surface area contributed by atoms with Crippen molar-refractivity contribution in [2.24, 2.45) is 5.73 Å². The molecule has 0 atom stereocenters. The van der Waals surface area contributed by atoms with Gasteiger partial charge in [0.1, 0.15) is 0 Å². The van der Waals surface area contributed by atoms with Gasteiger partial charge in [-0.1, -0.05) is 30.3 Å². The molecule has 0 aliphatic carbocycles. The van der Waals surface area contributed by atoms with Crippen LogP contribution in [0.25, 0.3) is 0 Å². The van der Waals surface area contributed by atoms with Crippen LogP contribution in [-0.4, -0.2) is 34.5 Å². The van der Waals surface area contributed by atoms with Gasteiger partial charge in [0.15, 0.2) is 0 Å². The number of aryl methyl sites for hydroxylation is 1. The van der Waals surface area contributed by atoms with E-state index in [9.17, 15) is 4.79 Å². The Morgan fingerprint density at radius 1 is 1.17 bits per heavy atom. The molecule has 24 heavy (non-hydrogen) atoms. The number of nitrogens with two attached hydrogens (primary N) is 1. The third-order valence-electron chi connectivity index (χ3n) is 4.81. The fourth-order valence-electron chi connectivity index (χ4n) is 3.30. The van der Waals surface area contributed by atoms with E-state index in [4.69, 9.17) is 5.73 Å². The van der Waals surface area contributed by atoms with Gasteiger partial charge in [0.05, 0.1) is 5.56 Å². The molecule has 5 heteroatoms. The molecule has 0 unspecified atom stereocenters. The summed E-state index contributed by atoms with van der Waals surface area (Å²) in [7, 11) is 0. The second kappa shape index (κ2) is 7.86. The van der Waals surface area contributed by atoms with Crippen LogP contribution in [0.1, 0.15) is 40.2 Å². The molecule has 4 nitrogen and oxygen atoms in total. The standard InChI is InChI=1S/C19H25N3O.ClH/c1-14-12-18(19(23)21-10-8-17(20)9-11-21)15(2)22(14)13-16-6-4-3-5-7-16;/h3-7,12,17H,8-11,13,20H2,1-2H3;1H. The largest absolute Gasteiger partial charge is 0.344 e. The van der Waals surface area contributed by atoms with Gasteiger partial charge >= 0.3 is 0 Å². The Bertz CT molecular complexity index is 688. The molecule has 0 radical (unpaired) electrons. The molecule has 1 aromatic carbocycles. The first-order chi connectivity index (χ1) is 11.1. The van der Waals surface area contributed by atoms with Crippen molar-refractivity contribution in [2.45, 2.75) is 39.3 Å². The number of amides is 1. The maximum atomic E-state index is 12.8. The number of hydrogen-bond acceptors (Lipinski definition) is 2. The number of hydrogen-bond donors (Lipinski definition) is 1. The quantitative estimate of drug-likeness (QED) is 0.927. The molecule has 0 spiro atoms. The molecule has 2 aromatic rings. The van der Waals surface area contributed by atoms with Crippen LogP contribution in [0.15, 0.2) is 36.4 Å². The Labute approximate surface area is 150 Å². The molecule has 1 aromatic heterocycles. The molecule has 1 aliphatic rings. The highest BCUT2D eigenvalue weighted by Crippen LogP contribution is 2.20. The number of piperidine rings is 1. The lowest BCUT2D eigenvalue weighted by Gasteiger charge is -2.30. The molecule has 1 amide bonds. The summed E-state index contributed by atoms with van der Waals surface area (Å²) in [5.41, 5.74) is 10.2. The first kappa shape index (κ1) is 18.6. The molecule has 1 aliphatic heterocycles. The molecular formula is C19H26ClN3O. The number of aromatic nitrogens is 1. The van der Waals surface area contributed by atoms with Gasteiger partial charge in [0.2, 0.25) is 0 Å². The first-order valence-electron chi connectivity index (χ1n) is 8.32. The topological polar surface area (TPSA) is 51.3 Å². The van der Waals surface area contributed by atoms with Crippen molar-refractivity contribution in [1.29, 1.82) is 0 Å². The normalized spacial score (nSPS) is 15.2. The van der Waals surface area contributed by atoms with Gasteiger partial charge in [-0.3, -0.25) is 4.79 Å². The highest BCUT2D eigenvalue weighted by atomic mass is 35.5. The van der Waals surface area contributed by atoms with Crippen molar-refractivity contribution < 1.29 is 4.79 Å². The average Bonchev–Trinajstić information content (AvgIpc) is 2.84. The minimum atomic E-state index is 0. The number of carbonyl (C=O) groups excluding carboxylic acids is 1. The van der Waals surface area contributed by atoms with E-state index in [1.165, 1.54) is 5.56 Å². The maximum absolute atomic E-state index is 12.8. The number of benzene rings is 1. The van der Waals surface area contributed by atoms with Crippen LogP contribution in [0.5, 0.6) is 0 Å². The number of likely N-dealkylation sites (tertiary alicyclic amines) is 1. The minimum Gasteiger partial charge on any atom is -0.344 e. The SMILES string of the molecule is Cc1cc(C(=O)N2CCC(N)CC2)c(C)n1Cc1ccccc1.Cl. The van der Waals surface area contributed by atoms with Crippen molar-refractivity contribution in [3.8, 4) is 0 Å². The van der Waals surface area contributed by atoms with Crippen LogP contribution in [0, 0.1) is 13.8 Å². The molecular weight excluding hydrogens is 322 g/mol. The van der Waals surface area contributed by atoms with E-state index in [2.05, 4.69) is 23.6 Å². The smallest absolute Gasteiger partial charge is 0.255 e. The van der Waals surface area contributed by atoms with Crippen LogP contribution in [0.3, 0.4) is 0 Å². The Hall–Kier alpha value is -1.78. The van der Waals surface area contributed by atoms with Gasteiger partial charge < -0.3 is 15.2 Å². The van der Waals surface area contributed by atoms with E-state index < -0.39 is 0 Å². The van der Waals surface area contributed by atoms with Crippen LogP contribution < -0.4 is 5.73 Å². The zero-order chi connectivity index (χ0) is 16.4. The van der Waals surface area contributed by atoms with Gasteiger partial charge in [-0.05, 0) is 38.3 Å². The van der Waals surface area contributed by atoms with Crippen molar-refractivity contribution in [3.63, 3.8) is 0 Å². The predicted octanol–water partition coefficient (Wildman–Crippen LogP) is 3.14. The Morgan fingerprint density at radius 3 is 2.42 bits per heavy atom. The number of rotatable bonds is 3. The summed E-state index contributed by atoms with van der Waals surface area (Å²) in [6.45, 7) is 6.44. The fourth-order valence-corrected chi connectivity index (χ4v) is 3.30. The van der Waals surface area contributed by atoms with Gasteiger partial charge in [-0.25, -0.2) is 0 Å². The number of nitrogens with zero attached hydrogens (tertiary/aromatic N) is 2. The predicted molar refractivity (Wildman–Crippen MR) is 99.8 cm³/mol. The van der Waals surface area contributed by atoms with Crippen molar-refractivity contribution in [2.75, 3.05) is 13.1 Å². The molecule has 1 saturated heterocycles. The highest BCUT2D eigenvalue weighted by molar-refractivity contribution is 5.95. The van der Waals surface area contributed by atoms with Gasteiger partial charge in [0.25, 0.3) is 5.91 Å². The van der Waals surface area contributed by atoms with Crippen LogP contribution >= 0.6 is 12.4 Å². The second-order valence-corrected chi connectivity index (χ2v) is 6.49. The van der Waals surface area contributed by atoms with E-state index in [1.807, 2.05) is 36.1 Å². The summed E-state index contributed by atoms with van der Waals surface area (Å²) in [6.07, 6.45) is 1.79. The van der Waals surface area contributed by atoms with Gasteiger partial charge in [-0.15, -0.1) is 12.4 Å².